The number of methoxy groups -OCH3 is 1. The predicted octanol–water partition coefficient (Wildman–Crippen LogP) is 2.61. The summed E-state index contributed by atoms with van der Waals surface area (Å²) >= 11 is 2.97. The predicted molar refractivity (Wildman–Crippen MR) is 77.4 cm³/mol. The monoisotopic (exact) mass is 284 g/mol. The molecule has 0 aromatic carbocycles. The van der Waals surface area contributed by atoms with Crippen LogP contribution in [0.3, 0.4) is 0 Å². The fourth-order valence-electron chi connectivity index (χ4n) is 1.52. The summed E-state index contributed by atoms with van der Waals surface area (Å²) in [7, 11) is 1.70. The van der Waals surface area contributed by atoms with E-state index < -0.39 is 0 Å². The third kappa shape index (κ3) is 2.98. The largest absolute Gasteiger partial charge is 0.385 e. The lowest BCUT2D eigenvalue weighted by molar-refractivity contribution is 0.198. The van der Waals surface area contributed by atoms with Crippen molar-refractivity contribution in [3.8, 4) is 10.6 Å². The van der Waals surface area contributed by atoms with Crippen molar-refractivity contribution in [1.82, 2.24) is 9.36 Å². The first-order chi connectivity index (χ1) is 8.72. The van der Waals surface area contributed by atoms with Gasteiger partial charge in [0, 0.05) is 31.3 Å². The highest BCUT2D eigenvalue weighted by Gasteiger charge is 2.16. The molecule has 3 N–H and O–H groups in total. The molecule has 5 nitrogen and oxygen atoms in total. The lowest BCUT2D eigenvalue weighted by atomic mass is 10.3. The molecule has 2 heterocycles. The third-order valence-electron chi connectivity index (χ3n) is 2.36. The van der Waals surface area contributed by atoms with Crippen LogP contribution in [0.4, 0.5) is 10.8 Å². The van der Waals surface area contributed by atoms with Crippen LogP contribution in [0.25, 0.3) is 10.6 Å². The number of rotatable bonds is 6. The summed E-state index contributed by atoms with van der Waals surface area (Å²) in [6.07, 6.45) is 0.949. The fourth-order valence-corrected chi connectivity index (χ4v) is 3.18. The Morgan fingerprint density at radius 1 is 1.50 bits per heavy atom. The second-order valence-corrected chi connectivity index (χ2v) is 5.47. The zero-order chi connectivity index (χ0) is 13.0. The van der Waals surface area contributed by atoms with Crippen molar-refractivity contribution in [2.24, 2.45) is 0 Å². The highest BCUT2D eigenvalue weighted by Crippen LogP contribution is 2.38. The van der Waals surface area contributed by atoms with Gasteiger partial charge in [0.15, 0.2) is 0 Å². The van der Waals surface area contributed by atoms with Crippen molar-refractivity contribution >= 4 is 33.7 Å². The summed E-state index contributed by atoms with van der Waals surface area (Å²) in [6, 6.07) is 0. The number of aromatic nitrogens is 2. The summed E-state index contributed by atoms with van der Waals surface area (Å²) in [4.78, 5) is 4.46. The molecule has 0 fully saturated rings. The molecular formula is C11H16N4OS2. The van der Waals surface area contributed by atoms with Crippen molar-refractivity contribution in [3.63, 3.8) is 0 Å². The van der Waals surface area contributed by atoms with Gasteiger partial charge in [-0.2, -0.15) is 4.37 Å². The fraction of sp³-hybridized carbons (Fsp3) is 0.455. The SMILES string of the molecule is COCCCNc1snc(N)c1-c1nc(C)cs1. The summed E-state index contributed by atoms with van der Waals surface area (Å²) < 4.78 is 9.21. The molecule has 2 rings (SSSR count). The first-order valence-corrected chi connectivity index (χ1v) is 7.28. The van der Waals surface area contributed by atoms with Crippen LogP contribution >= 0.6 is 22.9 Å². The zero-order valence-electron chi connectivity index (χ0n) is 10.4. The highest BCUT2D eigenvalue weighted by molar-refractivity contribution is 7.15. The lowest BCUT2D eigenvalue weighted by Crippen LogP contribution is -2.04. The van der Waals surface area contributed by atoms with E-state index in [9.17, 15) is 0 Å². The number of thiazole rings is 1. The first kappa shape index (κ1) is 13.3. The topological polar surface area (TPSA) is 73.1 Å². The Bertz CT molecular complexity index is 509. The van der Waals surface area contributed by atoms with Crippen molar-refractivity contribution in [2.45, 2.75) is 13.3 Å². The molecule has 98 valence electrons. The minimum atomic E-state index is 0.545. The number of nitrogens with two attached hydrogens (primary N) is 1. The van der Waals surface area contributed by atoms with Crippen molar-refractivity contribution in [1.29, 1.82) is 0 Å². The summed E-state index contributed by atoms with van der Waals surface area (Å²) in [5.41, 5.74) is 7.85. The lowest BCUT2D eigenvalue weighted by Gasteiger charge is -2.04. The van der Waals surface area contributed by atoms with Crippen molar-refractivity contribution in [3.05, 3.63) is 11.1 Å². The minimum Gasteiger partial charge on any atom is -0.385 e. The number of nitrogens with one attached hydrogen (secondary N) is 1. The molecule has 0 radical (unpaired) electrons. The van der Waals surface area contributed by atoms with Gasteiger partial charge in [-0.3, -0.25) is 0 Å². The third-order valence-corrected chi connectivity index (χ3v) is 4.16. The van der Waals surface area contributed by atoms with Crippen LogP contribution in [0.1, 0.15) is 12.1 Å². The van der Waals surface area contributed by atoms with Crippen LogP contribution in [0.5, 0.6) is 0 Å². The molecule has 0 aliphatic heterocycles. The minimum absolute atomic E-state index is 0.545. The van der Waals surface area contributed by atoms with E-state index in [-0.39, 0.29) is 0 Å². The second kappa shape index (κ2) is 6.12. The van der Waals surface area contributed by atoms with Crippen LogP contribution in [0.2, 0.25) is 0 Å². The Labute approximate surface area is 114 Å². The van der Waals surface area contributed by atoms with E-state index in [1.807, 2.05) is 12.3 Å². The molecule has 7 heteroatoms. The Hall–Kier alpha value is -1.18. The van der Waals surface area contributed by atoms with Crippen molar-refractivity contribution < 1.29 is 4.74 Å². The van der Waals surface area contributed by atoms with E-state index >= 15 is 0 Å². The summed E-state index contributed by atoms with van der Waals surface area (Å²) in [6.45, 7) is 3.56. The number of ether oxygens (including phenoxy) is 1. The molecular weight excluding hydrogens is 268 g/mol. The number of anilines is 2. The van der Waals surface area contributed by atoms with E-state index in [4.69, 9.17) is 10.5 Å². The molecule has 0 bridgehead atoms. The van der Waals surface area contributed by atoms with E-state index in [0.717, 1.165) is 40.8 Å². The number of nitrogen functional groups attached to an aromatic ring is 1. The van der Waals surface area contributed by atoms with Gasteiger partial charge in [-0.05, 0) is 24.9 Å². The molecule has 0 aliphatic rings. The maximum atomic E-state index is 5.91. The number of nitrogens with zero attached hydrogens (tertiary/aromatic N) is 2. The normalized spacial score (nSPS) is 10.8. The van der Waals surface area contributed by atoms with Crippen LogP contribution in [0.15, 0.2) is 5.38 Å². The smallest absolute Gasteiger partial charge is 0.149 e. The Morgan fingerprint density at radius 2 is 2.33 bits per heavy atom. The Morgan fingerprint density at radius 3 is 3.00 bits per heavy atom. The van der Waals surface area contributed by atoms with E-state index in [0.29, 0.717) is 5.82 Å². The van der Waals surface area contributed by atoms with Crippen LogP contribution in [0, 0.1) is 6.92 Å². The van der Waals surface area contributed by atoms with Crippen LogP contribution in [-0.2, 0) is 4.74 Å². The van der Waals surface area contributed by atoms with Gasteiger partial charge >= 0.3 is 0 Å². The molecule has 18 heavy (non-hydrogen) atoms. The number of aryl methyl sites for hydroxylation is 1. The molecule has 2 aromatic rings. The van der Waals surface area contributed by atoms with Gasteiger partial charge < -0.3 is 15.8 Å². The standard InChI is InChI=1S/C11H16N4OS2/c1-7-6-17-11(14-7)8-9(12)15-18-10(8)13-4-3-5-16-2/h6,13H,3-5H2,1-2H3,(H2,12,15). The van der Waals surface area contributed by atoms with Gasteiger partial charge in [0.2, 0.25) is 0 Å². The molecule has 0 atom stereocenters. The molecule has 0 saturated carbocycles. The van der Waals surface area contributed by atoms with Crippen LogP contribution < -0.4 is 11.1 Å². The Kier molecular flexibility index (Phi) is 4.51. The molecule has 0 amide bonds. The van der Waals surface area contributed by atoms with Crippen LogP contribution in [-0.4, -0.2) is 29.6 Å². The quantitative estimate of drug-likeness (QED) is 0.798. The summed E-state index contributed by atoms with van der Waals surface area (Å²) in [5.74, 6) is 0.545. The number of hydrogen-bond acceptors (Lipinski definition) is 7. The van der Waals surface area contributed by atoms with Gasteiger partial charge in [-0.1, -0.05) is 0 Å². The van der Waals surface area contributed by atoms with Gasteiger partial charge in [0.05, 0.1) is 5.56 Å². The first-order valence-electron chi connectivity index (χ1n) is 5.63. The van der Waals surface area contributed by atoms with E-state index in [1.54, 1.807) is 18.4 Å². The maximum Gasteiger partial charge on any atom is 0.149 e. The second-order valence-electron chi connectivity index (χ2n) is 3.84. The average Bonchev–Trinajstić information content (AvgIpc) is 2.91. The number of hydrogen-bond donors (Lipinski definition) is 2. The van der Waals surface area contributed by atoms with Gasteiger partial charge in [0.1, 0.15) is 15.8 Å². The molecule has 2 aromatic heterocycles. The Balaban J connectivity index is 2.12. The van der Waals surface area contributed by atoms with E-state index in [2.05, 4.69) is 14.7 Å². The molecule has 0 saturated heterocycles. The maximum absolute atomic E-state index is 5.91. The average molecular weight is 284 g/mol. The van der Waals surface area contributed by atoms with Gasteiger partial charge in [-0.25, -0.2) is 4.98 Å². The zero-order valence-corrected chi connectivity index (χ0v) is 12.0. The van der Waals surface area contributed by atoms with E-state index in [1.165, 1.54) is 11.5 Å². The molecule has 0 aliphatic carbocycles. The van der Waals surface area contributed by atoms with Gasteiger partial charge in [-0.15, -0.1) is 11.3 Å². The van der Waals surface area contributed by atoms with Gasteiger partial charge in [0.25, 0.3) is 0 Å². The highest BCUT2D eigenvalue weighted by atomic mass is 32.1. The summed E-state index contributed by atoms with van der Waals surface area (Å²) in [5, 5.41) is 7.26. The molecule has 0 spiro atoms. The van der Waals surface area contributed by atoms with Crippen molar-refractivity contribution in [2.75, 3.05) is 31.3 Å². The molecule has 0 unspecified atom stereocenters.